The first-order valence-electron chi connectivity index (χ1n) is 11.5. The molecule has 4 rings (SSSR count). The maximum Gasteiger partial charge on any atom is 0.337 e. The second-order valence-corrected chi connectivity index (χ2v) is 8.29. The van der Waals surface area contributed by atoms with Crippen LogP contribution in [0.5, 0.6) is 5.75 Å². The minimum absolute atomic E-state index is 0.131. The number of ether oxygens (including phenoxy) is 2. The molecule has 8 nitrogen and oxygen atoms in total. The monoisotopic (exact) mass is 486 g/mol. The summed E-state index contributed by atoms with van der Waals surface area (Å²) in [6.07, 6.45) is 0.392. The number of hydrogen-bond donors (Lipinski definition) is 0. The minimum atomic E-state index is -0.948. The number of rotatable bonds is 8. The van der Waals surface area contributed by atoms with Gasteiger partial charge in [0.1, 0.15) is 11.8 Å². The van der Waals surface area contributed by atoms with Crippen LogP contribution in [0.15, 0.2) is 78.9 Å². The molecule has 3 amide bonds. The third kappa shape index (κ3) is 5.12. The molecule has 0 saturated carbocycles. The van der Waals surface area contributed by atoms with Crippen LogP contribution in [0.3, 0.4) is 0 Å². The van der Waals surface area contributed by atoms with Crippen LogP contribution in [0.1, 0.15) is 32.7 Å². The lowest BCUT2D eigenvalue weighted by Gasteiger charge is -2.28. The van der Waals surface area contributed by atoms with Gasteiger partial charge in [-0.1, -0.05) is 30.3 Å². The topological polar surface area (TPSA) is 93.2 Å². The first kappa shape index (κ1) is 24.7. The number of esters is 1. The van der Waals surface area contributed by atoms with Crippen LogP contribution < -0.4 is 9.64 Å². The van der Waals surface area contributed by atoms with Gasteiger partial charge in [0.15, 0.2) is 0 Å². The lowest BCUT2D eigenvalue weighted by molar-refractivity contribution is -0.122. The Morgan fingerprint density at radius 3 is 2.14 bits per heavy atom. The fraction of sp³-hybridized carbons (Fsp3) is 0.214. The Balaban J connectivity index is 1.61. The zero-order valence-corrected chi connectivity index (χ0v) is 20.0. The summed E-state index contributed by atoms with van der Waals surface area (Å²) in [7, 11) is 2.82. The number of imide groups is 1. The number of carbonyl (C=O) groups is 4. The lowest BCUT2D eigenvalue weighted by atomic mass is 10.1. The molecule has 0 bridgehead atoms. The Morgan fingerprint density at radius 2 is 1.53 bits per heavy atom. The smallest absolute Gasteiger partial charge is 0.337 e. The van der Waals surface area contributed by atoms with E-state index in [0.717, 1.165) is 10.5 Å². The molecule has 0 radical (unpaired) electrons. The Labute approximate surface area is 209 Å². The SMILES string of the molecule is COC(=O)c1ccc(N2C(=O)CC(N(CCc3ccccc3)C(=O)c3ccc(OC)cc3)C2=O)cc1. The van der Waals surface area contributed by atoms with E-state index >= 15 is 0 Å². The molecule has 184 valence electrons. The average Bonchev–Trinajstić information content (AvgIpc) is 3.22. The summed E-state index contributed by atoms with van der Waals surface area (Å²) in [5, 5.41) is 0. The van der Waals surface area contributed by atoms with Crippen LogP contribution in [0.25, 0.3) is 0 Å². The molecule has 1 aliphatic rings. The maximum atomic E-state index is 13.6. The van der Waals surface area contributed by atoms with Gasteiger partial charge in [-0.05, 0) is 60.5 Å². The first-order chi connectivity index (χ1) is 17.4. The standard InChI is InChI=1S/C28H26N2O6/c1-35-23-14-10-20(11-15-23)26(32)29(17-16-19-6-4-3-5-7-19)24-18-25(31)30(27(24)33)22-12-8-21(9-13-22)28(34)36-2/h3-15,24H,16-18H2,1-2H3. The van der Waals surface area contributed by atoms with E-state index in [1.54, 1.807) is 24.3 Å². The quantitative estimate of drug-likeness (QED) is 0.357. The van der Waals surface area contributed by atoms with Gasteiger partial charge in [-0.25, -0.2) is 9.69 Å². The van der Waals surface area contributed by atoms with E-state index in [1.807, 2.05) is 30.3 Å². The van der Waals surface area contributed by atoms with Crippen molar-refractivity contribution in [1.29, 1.82) is 0 Å². The molecule has 1 fully saturated rings. The average molecular weight is 487 g/mol. The summed E-state index contributed by atoms with van der Waals surface area (Å²) < 4.78 is 9.88. The van der Waals surface area contributed by atoms with Gasteiger partial charge in [0, 0.05) is 12.1 Å². The lowest BCUT2D eigenvalue weighted by Crippen LogP contribution is -2.46. The van der Waals surface area contributed by atoms with Gasteiger partial charge in [-0.15, -0.1) is 0 Å². The molecule has 0 spiro atoms. The van der Waals surface area contributed by atoms with E-state index in [1.165, 1.54) is 43.4 Å². The molecule has 8 heteroatoms. The highest BCUT2D eigenvalue weighted by Gasteiger charge is 2.44. The zero-order chi connectivity index (χ0) is 25.7. The summed E-state index contributed by atoms with van der Waals surface area (Å²) in [5.74, 6) is -1.15. The Hall–Kier alpha value is -4.46. The molecular weight excluding hydrogens is 460 g/mol. The normalized spacial score (nSPS) is 15.1. The fourth-order valence-corrected chi connectivity index (χ4v) is 4.19. The second-order valence-electron chi connectivity index (χ2n) is 8.29. The molecular formula is C28H26N2O6. The van der Waals surface area contributed by atoms with Crippen LogP contribution >= 0.6 is 0 Å². The molecule has 1 saturated heterocycles. The van der Waals surface area contributed by atoms with Crippen LogP contribution in [-0.2, 0) is 20.7 Å². The van der Waals surface area contributed by atoms with Crippen molar-refractivity contribution in [2.45, 2.75) is 18.9 Å². The van der Waals surface area contributed by atoms with Gasteiger partial charge in [0.2, 0.25) is 5.91 Å². The van der Waals surface area contributed by atoms with Crippen molar-refractivity contribution >= 4 is 29.4 Å². The highest BCUT2D eigenvalue weighted by molar-refractivity contribution is 6.23. The number of methoxy groups -OCH3 is 2. The van der Waals surface area contributed by atoms with E-state index in [-0.39, 0.29) is 18.9 Å². The van der Waals surface area contributed by atoms with Gasteiger partial charge in [-0.2, -0.15) is 0 Å². The highest BCUT2D eigenvalue weighted by Crippen LogP contribution is 2.28. The van der Waals surface area contributed by atoms with Gasteiger partial charge < -0.3 is 14.4 Å². The van der Waals surface area contributed by atoms with Crippen molar-refractivity contribution in [2.75, 3.05) is 25.7 Å². The Kier molecular flexibility index (Phi) is 7.44. The number of nitrogens with zero attached hydrogens (tertiary/aromatic N) is 2. The molecule has 0 aromatic heterocycles. The molecule has 1 unspecified atom stereocenters. The maximum absolute atomic E-state index is 13.6. The van der Waals surface area contributed by atoms with Crippen molar-refractivity contribution in [3.8, 4) is 5.75 Å². The van der Waals surface area contributed by atoms with Crippen molar-refractivity contribution < 1.29 is 28.7 Å². The van der Waals surface area contributed by atoms with E-state index in [0.29, 0.717) is 29.0 Å². The molecule has 0 N–H and O–H groups in total. The van der Waals surface area contributed by atoms with Crippen molar-refractivity contribution in [2.24, 2.45) is 0 Å². The number of anilines is 1. The summed E-state index contributed by atoms with van der Waals surface area (Å²) in [4.78, 5) is 54.3. The zero-order valence-electron chi connectivity index (χ0n) is 20.0. The summed E-state index contributed by atoms with van der Waals surface area (Å²) in [6, 6.07) is 21.3. The van der Waals surface area contributed by atoms with Crippen LogP contribution in [0.4, 0.5) is 5.69 Å². The second kappa shape index (κ2) is 10.9. The van der Waals surface area contributed by atoms with Crippen LogP contribution in [-0.4, -0.2) is 55.4 Å². The van der Waals surface area contributed by atoms with E-state index in [4.69, 9.17) is 9.47 Å². The van der Waals surface area contributed by atoms with E-state index in [9.17, 15) is 19.2 Å². The van der Waals surface area contributed by atoms with Gasteiger partial charge in [0.05, 0.1) is 31.9 Å². The molecule has 36 heavy (non-hydrogen) atoms. The third-order valence-corrected chi connectivity index (χ3v) is 6.13. The molecule has 3 aromatic carbocycles. The van der Waals surface area contributed by atoms with Crippen LogP contribution in [0, 0.1) is 0 Å². The predicted octanol–water partition coefficient (Wildman–Crippen LogP) is 3.50. The molecule has 1 atom stereocenters. The number of hydrogen-bond acceptors (Lipinski definition) is 6. The summed E-state index contributed by atoms with van der Waals surface area (Å²) >= 11 is 0. The Morgan fingerprint density at radius 1 is 0.889 bits per heavy atom. The van der Waals surface area contributed by atoms with Gasteiger partial charge >= 0.3 is 5.97 Å². The third-order valence-electron chi connectivity index (χ3n) is 6.13. The van der Waals surface area contributed by atoms with Gasteiger partial charge in [0.25, 0.3) is 11.8 Å². The predicted molar refractivity (Wildman–Crippen MR) is 133 cm³/mol. The van der Waals surface area contributed by atoms with E-state index in [2.05, 4.69) is 0 Å². The first-order valence-corrected chi connectivity index (χ1v) is 11.5. The van der Waals surface area contributed by atoms with Gasteiger partial charge in [-0.3, -0.25) is 14.4 Å². The van der Waals surface area contributed by atoms with Crippen molar-refractivity contribution in [3.05, 3.63) is 95.6 Å². The fourth-order valence-electron chi connectivity index (χ4n) is 4.19. The highest BCUT2D eigenvalue weighted by atomic mass is 16.5. The van der Waals surface area contributed by atoms with Crippen LogP contribution in [0.2, 0.25) is 0 Å². The Bertz CT molecular complexity index is 1260. The van der Waals surface area contributed by atoms with Crippen molar-refractivity contribution in [3.63, 3.8) is 0 Å². The molecule has 1 aliphatic heterocycles. The van der Waals surface area contributed by atoms with E-state index < -0.39 is 23.8 Å². The summed E-state index contributed by atoms with van der Waals surface area (Å²) in [6.45, 7) is 0.258. The molecule has 1 heterocycles. The number of carbonyl (C=O) groups excluding carboxylic acids is 4. The van der Waals surface area contributed by atoms with Crippen molar-refractivity contribution in [1.82, 2.24) is 4.90 Å². The largest absolute Gasteiger partial charge is 0.497 e. The molecule has 3 aromatic rings. The number of benzene rings is 3. The summed E-state index contributed by atoms with van der Waals surface area (Å²) in [5.41, 5.74) is 2.04. The number of amides is 3. The minimum Gasteiger partial charge on any atom is -0.497 e. The molecule has 0 aliphatic carbocycles.